The van der Waals surface area contributed by atoms with E-state index in [0.29, 0.717) is 34.3 Å². The average Bonchev–Trinajstić information content (AvgIpc) is 3.15. The Morgan fingerprint density at radius 1 is 1.19 bits per heavy atom. The maximum absolute atomic E-state index is 13.5. The molecule has 1 aromatic carbocycles. The van der Waals surface area contributed by atoms with Crippen LogP contribution < -0.4 is 4.74 Å². The van der Waals surface area contributed by atoms with Gasteiger partial charge in [0.05, 0.1) is 26.0 Å². The lowest BCUT2D eigenvalue weighted by Crippen LogP contribution is -2.05. The van der Waals surface area contributed by atoms with E-state index < -0.39 is 5.82 Å². The summed E-state index contributed by atoms with van der Waals surface area (Å²) in [6, 6.07) is 7.73. The van der Waals surface area contributed by atoms with Crippen LogP contribution in [0.15, 0.2) is 41.3 Å². The van der Waals surface area contributed by atoms with Crippen LogP contribution in [0.3, 0.4) is 0 Å². The summed E-state index contributed by atoms with van der Waals surface area (Å²) in [6.45, 7) is 2.33. The molecule has 4 rings (SSSR count). The molecule has 4 aromatic rings. The van der Waals surface area contributed by atoms with Crippen LogP contribution in [-0.2, 0) is 6.54 Å². The van der Waals surface area contributed by atoms with Crippen molar-refractivity contribution >= 4 is 21.7 Å². The maximum Gasteiger partial charge on any atom is 0.235 e. The molecule has 3 heterocycles. The smallest absolute Gasteiger partial charge is 0.235 e. The zero-order chi connectivity index (χ0) is 18.3. The SMILES string of the molecule is COc1ccc(Cn2nc(C)nc2-c2nc3ncc(F)cn3c2Br)cc1. The number of aromatic nitrogens is 6. The largest absolute Gasteiger partial charge is 0.497 e. The first-order valence-corrected chi connectivity index (χ1v) is 8.58. The van der Waals surface area contributed by atoms with Crippen LogP contribution in [0.25, 0.3) is 17.3 Å². The van der Waals surface area contributed by atoms with Crippen molar-refractivity contribution in [1.29, 1.82) is 0 Å². The van der Waals surface area contributed by atoms with Gasteiger partial charge >= 0.3 is 0 Å². The van der Waals surface area contributed by atoms with Crippen LogP contribution in [0, 0.1) is 12.7 Å². The third kappa shape index (κ3) is 2.94. The first-order valence-electron chi connectivity index (χ1n) is 7.79. The van der Waals surface area contributed by atoms with Crippen LogP contribution in [0.2, 0.25) is 0 Å². The van der Waals surface area contributed by atoms with E-state index >= 15 is 0 Å². The topological polar surface area (TPSA) is 70.1 Å². The Hall–Kier alpha value is -2.81. The van der Waals surface area contributed by atoms with Gasteiger partial charge < -0.3 is 4.74 Å². The third-order valence-corrected chi connectivity index (χ3v) is 4.63. The molecule has 0 atom stereocenters. The van der Waals surface area contributed by atoms with E-state index in [0.717, 1.165) is 17.5 Å². The highest BCUT2D eigenvalue weighted by Gasteiger charge is 2.19. The number of aryl methyl sites for hydroxylation is 1. The first kappa shape index (κ1) is 16.6. The predicted molar refractivity (Wildman–Crippen MR) is 96.5 cm³/mol. The van der Waals surface area contributed by atoms with Crippen molar-refractivity contribution in [1.82, 2.24) is 29.1 Å². The minimum absolute atomic E-state index is 0.380. The van der Waals surface area contributed by atoms with Crippen molar-refractivity contribution in [2.75, 3.05) is 7.11 Å². The van der Waals surface area contributed by atoms with E-state index in [1.54, 1.807) is 11.8 Å². The second-order valence-corrected chi connectivity index (χ2v) is 6.43. The van der Waals surface area contributed by atoms with E-state index in [1.165, 1.54) is 10.6 Å². The summed E-state index contributed by atoms with van der Waals surface area (Å²) in [5.41, 5.74) is 1.60. The zero-order valence-electron chi connectivity index (χ0n) is 14.0. The van der Waals surface area contributed by atoms with E-state index in [2.05, 4.69) is 36.0 Å². The monoisotopic (exact) mass is 416 g/mol. The van der Waals surface area contributed by atoms with Crippen molar-refractivity contribution in [2.24, 2.45) is 0 Å². The number of nitrogens with zero attached hydrogens (tertiary/aromatic N) is 6. The lowest BCUT2D eigenvalue weighted by Gasteiger charge is -2.06. The number of fused-ring (bicyclic) bond motifs is 1. The van der Waals surface area contributed by atoms with Crippen molar-refractivity contribution in [3.8, 4) is 17.3 Å². The van der Waals surface area contributed by atoms with Gasteiger partial charge in [0, 0.05) is 0 Å². The Morgan fingerprint density at radius 2 is 1.96 bits per heavy atom. The highest BCUT2D eigenvalue weighted by atomic mass is 79.9. The molecule has 0 fully saturated rings. The van der Waals surface area contributed by atoms with Crippen LogP contribution in [0.1, 0.15) is 11.4 Å². The van der Waals surface area contributed by atoms with E-state index in [-0.39, 0.29) is 0 Å². The predicted octanol–water partition coefficient (Wildman–Crippen LogP) is 3.25. The van der Waals surface area contributed by atoms with Crippen LogP contribution in [-0.4, -0.2) is 36.2 Å². The number of rotatable bonds is 4. The molecule has 9 heteroatoms. The second kappa shape index (κ2) is 6.49. The highest BCUT2D eigenvalue weighted by molar-refractivity contribution is 9.10. The normalized spacial score (nSPS) is 11.2. The Balaban J connectivity index is 1.77. The number of methoxy groups -OCH3 is 1. The Labute approximate surface area is 156 Å². The lowest BCUT2D eigenvalue weighted by atomic mass is 10.2. The molecule has 3 aromatic heterocycles. The number of ether oxygens (including phenoxy) is 1. The first-order chi connectivity index (χ1) is 12.5. The fourth-order valence-electron chi connectivity index (χ4n) is 2.67. The molecule has 26 heavy (non-hydrogen) atoms. The summed E-state index contributed by atoms with van der Waals surface area (Å²) >= 11 is 3.47. The molecule has 0 aliphatic rings. The van der Waals surface area contributed by atoms with Gasteiger partial charge in [0.2, 0.25) is 5.78 Å². The van der Waals surface area contributed by atoms with Gasteiger partial charge in [-0.25, -0.2) is 24.0 Å². The standard InChI is InChI=1S/C17H14BrFN6O/c1-10-21-16(14-15(18)24-9-12(19)7-20-17(24)22-14)25(23-10)8-11-3-5-13(26-2)6-4-11/h3-7,9H,8H2,1-2H3. The van der Waals surface area contributed by atoms with E-state index in [4.69, 9.17) is 4.74 Å². The molecule has 0 spiro atoms. The number of imidazole rings is 1. The minimum Gasteiger partial charge on any atom is -0.497 e. The summed E-state index contributed by atoms with van der Waals surface area (Å²) in [5, 5.41) is 4.46. The number of halogens is 2. The Bertz CT molecular complexity index is 1090. The Morgan fingerprint density at radius 3 is 2.69 bits per heavy atom. The van der Waals surface area contributed by atoms with Crippen molar-refractivity contribution in [2.45, 2.75) is 13.5 Å². The second-order valence-electron chi connectivity index (χ2n) is 5.68. The molecule has 0 aliphatic heterocycles. The summed E-state index contributed by atoms with van der Waals surface area (Å²) in [6.07, 6.45) is 2.45. The molecular weight excluding hydrogens is 403 g/mol. The average molecular weight is 417 g/mol. The quantitative estimate of drug-likeness (QED) is 0.510. The minimum atomic E-state index is -0.446. The molecule has 0 saturated heterocycles. The van der Waals surface area contributed by atoms with Crippen molar-refractivity contribution < 1.29 is 9.13 Å². The molecule has 7 nitrogen and oxygen atoms in total. The highest BCUT2D eigenvalue weighted by Crippen LogP contribution is 2.28. The molecule has 132 valence electrons. The van der Waals surface area contributed by atoms with Gasteiger partial charge in [-0.05, 0) is 40.5 Å². The summed E-state index contributed by atoms with van der Waals surface area (Å²) in [4.78, 5) is 13.0. The molecule has 0 aliphatic carbocycles. The molecule has 0 radical (unpaired) electrons. The van der Waals surface area contributed by atoms with Gasteiger partial charge in [0.1, 0.15) is 21.9 Å². The van der Waals surface area contributed by atoms with Crippen molar-refractivity contribution in [3.63, 3.8) is 0 Å². The molecular formula is C17H14BrFN6O. The third-order valence-electron chi connectivity index (χ3n) is 3.87. The Kier molecular flexibility index (Phi) is 4.15. The lowest BCUT2D eigenvalue weighted by molar-refractivity contribution is 0.414. The maximum atomic E-state index is 13.5. The number of hydrogen-bond acceptors (Lipinski definition) is 5. The van der Waals surface area contributed by atoms with Crippen molar-refractivity contribution in [3.05, 3.63) is 58.5 Å². The van der Waals surface area contributed by atoms with Gasteiger partial charge in [0.25, 0.3) is 0 Å². The van der Waals surface area contributed by atoms with E-state index in [1.807, 2.05) is 31.2 Å². The molecule has 0 unspecified atom stereocenters. The van der Waals surface area contributed by atoms with E-state index in [9.17, 15) is 4.39 Å². The summed E-state index contributed by atoms with van der Waals surface area (Å²) < 4.78 is 22.5. The molecule has 0 amide bonds. The zero-order valence-corrected chi connectivity index (χ0v) is 15.6. The summed E-state index contributed by atoms with van der Waals surface area (Å²) in [7, 11) is 1.63. The molecule has 0 saturated carbocycles. The van der Waals surface area contributed by atoms with Crippen LogP contribution in [0.4, 0.5) is 4.39 Å². The molecule has 0 bridgehead atoms. The number of hydrogen-bond donors (Lipinski definition) is 0. The van der Waals surface area contributed by atoms with Gasteiger partial charge in [-0.1, -0.05) is 12.1 Å². The van der Waals surface area contributed by atoms with Crippen LogP contribution >= 0.6 is 15.9 Å². The van der Waals surface area contributed by atoms with Gasteiger partial charge in [-0.3, -0.25) is 4.40 Å². The van der Waals surface area contributed by atoms with Gasteiger partial charge in [0.15, 0.2) is 11.6 Å². The fraction of sp³-hybridized carbons (Fsp3) is 0.176. The fourth-order valence-corrected chi connectivity index (χ4v) is 3.20. The van der Waals surface area contributed by atoms with Gasteiger partial charge in [-0.15, -0.1) is 0 Å². The summed E-state index contributed by atoms with van der Waals surface area (Å²) in [5.74, 6) is 1.93. The number of benzene rings is 1. The molecule has 0 N–H and O–H groups in total. The van der Waals surface area contributed by atoms with Gasteiger partial charge in [-0.2, -0.15) is 5.10 Å². The van der Waals surface area contributed by atoms with Crippen LogP contribution in [0.5, 0.6) is 5.75 Å².